The van der Waals surface area contributed by atoms with E-state index in [-0.39, 0.29) is 5.91 Å². The Morgan fingerprint density at radius 3 is 2.74 bits per heavy atom. The average molecular weight is 338 g/mol. The topological polar surface area (TPSA) is 20.3 Å². The molecule has 0 unspecified atom stereocenters. The maximum Gasteiger partial charge on any atom is 0.254 e. The molecule has 4 heteroatoms. The summed E-state index contributed by atoms with van der Waals surface area (Å²) in [5, 5.41) is 2.04. The van der Waals surface area contributed by atoms with E-state index in [0.717, 1.165) is 15.6 Å². The van der Waals surface area contributed by atoms with E-state index in [1.54, 1.807) is 11.3 Å². The second-order valence-electron chi connectivity index (χ2n) is 4.36. The largest absolute Gasteiger partial charge is 0.334 e. The first kappa shape index (κ1) is 14.3. The molecule has 0 aliphatic carbocycles. The summed E-state index contributed by atoms with van der Waals surface area (Å²) < 4.78 is 0.977. The fourth-order valence-electron chi connectivity index (χ4n) is 1.83. The van der Waals surface area contributed by atoms with Gasteiger partial charge in [0.2, 0.25) is 0 Å². The number of thiophene rings is 1. The molecule has 0 saturated heterocycles. The number of rotatable bonds is 4. The van der Waals surface area contributed by atoms with Crippen LogP contribution in [0, 0.1) is 6.92 Å². The third kappa shape index (κ3) is 3.45. The Hall–Kier alpha value is -1.13. The molecular weight excluding hydrogens is 322 g/mol. The highest BCUT2D eigenvalue weighted by Crippen LogP contribution is 2.20. The van der Waals surface area contributed by atoms with Gasteiger partial charge in [0, 0.05) is 21.5 Å². The smallest absolute Gasteiger partial charge is 0.254 e. The Bertz CT molecular complexity index is 566. The van der Waals surface area contributed by atoms with E-state index in [1.807, 2.05) is 48.4 Å². The highest BCUT2D eigenvalue weighted by atomic mass is 79.9. The van der Waals surface area contributed by atoms with Crippen molar-refractivity contribution in [2.75, 3.05) is 6.54 Å². The van der Waals surface area contributed by atoms with E-state index in [0.29, 0.717) is 13.1 Å². The van der Waals surface area contributed by atoms with Gasteiger partial charge in [0.15, 0.2) is 0 Å². The Morgan fingerprint density at radius 1 is 1.37 bits per heavy atom. The van der Waals surface area contributed by atoms with Gasteiger partial charge < -0.3 is 4.90 Å². The quantitative estimate of drug-likeness (QED) is 0.805. The van der Waals surface area contributed by atoms with Crippen LogP contribution in [0.25, 0.3) is 0 Å². The molecule has 1 heterocycles. The molecule has 100 valence electrons. The van der Waals surface area contributed by atoms with Gasteiger partial charge >= 0.3 is 0 Å². The van der Waals surface area contributed by atoms with Gasteiger partial charge in [-0.15, -0.1) is 11.3 Å². The number of carbonyl (C=O) groups excluding carboxylic acids is 1. The van der Waals surface area contributed by atoms with Crippen molar-refractivity contribution in [2.24, 2.45) is 0 Å². The van der Waals surface area contributed by atoms with E-state index in [1.165, 1.54) is 4.88 Å². The Kier molecular flexibility index (Phi) is 4.77. The third-order valence-corrected chi connectivity index (χ3v) is 4.73. The number of hydrogen-bond donors (Lipinski definition) is 0. The van der Waals surface area contributed by atoms with Crippen LogP contribution in [0.1, 0.15) is 27.7 Å². The van der Waals surface area contributed by atoms with E-state index >= 15 is 0 Å². The molecule has 1 aromatic carbocycles. The Labute approximate surface area is 126 Å². The summed E-state index contributed by atoms with van der Waals surface area (Å²) in [6.45, 7) is 5.41. The highest BCUT2D eigenvalue weighted by Gasteiger charge is 2.15. The van der Waals surface area contributed by atoms with E-state index in [4.69, 9.17) is 0 Å². The summed E-state index contributed by atoms with van der Waals surface area (Å²) in [5.41, 5.74) is 1.87. The van der Waals surface area contributed by atoms with Gasteiger partial charge in [-0.2, -0.15) is 0 Å². The van der Waals surface area contributed by atoms with E-state index < -0.39 is 0 Å². The van der Waals surface area contributed by atoms with E-state index in [9.17, 15) is 4.79 Å². The Morgan fingerprint density at radius 2 is 2.16 bits per heavy atom. The van der Waals surface area contributed by atoms with Crippen LogP contribution >= 0.6 is 27.3 Å². The highest BCUT2D eigenvalue weighted by molar-refractivity contribution is 9.10. The van der Waals surface area contributed by atoms with Crippen molar-refractivity contribution < 1.29 is 4.79 Å². The number of amides is 1. The minimum absolute atomic E-state index is 0.0802. The zero-order valence-corrected chi connectivity index (χ0v) is 13.4. The molecule has 2 rings (SSSR count). The fourth-order valence-corrected chi connectivity index (χ4v) is 2.92. The van der Waals surface area contributed by atoms with Crippen molar-refractivity contribution in [3.05, 3.63) is 56.2 Å². The molecule has 1 aromatic heterocycles. The minimum Gasteiger partial charge on any atom is -0.334 e. The van der Waals surface area contributed by atoms with Crippen molar-refractivity contribution in [3.8, 4) is 0 Å². The molecule has 0 spiro atoms. The van der Waals surface area contributed by atoms with Crippen LogP contribution in [-0.2, 0) is 6.54 Å². The summed E-state index contributed by atoms with van der Waals surface area (Å²) in [7, 11) is 0. The molecule has 0 N–H and O–H groups in total. The molecule has 0 radical (unpaired) electrons. The van der Waals surface area contributed by atoms with Crippen LogP contribution in [0.5, 0.6) is 0 Å². The SMILES string of the molecule is CCN(Cc1cccs1)C(=O)c1ccc(C)c(Br)c1. The van der Waals surface area contributed by atoms with E-state index in [2.05, 4.69) is 22.0 Å². The molecular formula is C15H16BrNOS. The van der Waals surface area contributed by atoms with Crippen molar-refractivity contribution in [1.29, 1.82) is 0 Å². The maximum atomic E-state index is 12.5. The number of halogens is 1. The van der Waals surface area contributed by atoms with Gasteiger partial charge in [-0.05, 0) is 43.0 Å². The molecule has 1 amide bonds. The van der Waals surface area contributed by atoms with Gasteiger partial charge in [0.05, 0.1) is 6.54 Å². The predicted octanol–water partition coefficient (Wildman–Crippen LogP) is 4.48. The number of nitrogens with zero attached hydrogens (tertiary/aromatic N) is 1. The van der Waals surface area contributed by atoms with Crippen LogP contribution in [0.15, 0.2) is 40.2 Å². The molecule has 2 aromatic rings. The summed E-state index contributed by atoms with van der Waals surface area (Å²) in [6, 6.07) is 9.83. The zero-order chi connectivity index (χ0) is 13.8. The number of hydrogen-bond acceptors (Lipinski definition) is 2. The first-order chi connectivity index (χ1) is 9.11. The fraction of sp³-hybridized carbons (Fsp3) is 0.267. The molecule has 0 saturated carbocycles. The minimum atomic E-state index is 0.0802. The predicted molar refractivity (Wildman–Crippen MR) is 83.6 cm³/mol. The molecule has 19 heavy (non-hydrogen) atoms. The summed E-state index contributed by atoms with van der Waals surface area (Å²) in [4.78, 5) is 15.5. The average Bonchev–Trinajstić information content (AvgIpc) is 2.91. The van der Waals surface area contributed by atoms with Crippen molar-refractivity contribution in [3.63, 3.8) is 0 Å². The van der Waals surface area contributed by atoms with Crippen LogP contribution in [0.3, 0.4) is 0 Å². The summed E-state index contributed by atoms with van der Waals surface area (Å²) in [6.07, 6.45) is 0. The number of aryl methyl sites for hydroxylation is 1. The lowest BCUT2D eigenvalue weighted by Gasteiger charge is -2.20. The third-order valence-electron chi connectivity index (χ3n) is 3.01. The first-order valence-electron chi connectivity index (χ1n) is 6.19. The zero-order valence-electron chi connectivity index (χ0n) is 11.0. The summed E-state index contributed by atoms with van der Waals surface area (Å²) in [5.74, 6) is 0.0802. The van der Waals surface area contributed by atoms with Gasteiger partial charge in [0.25, 0.3) is 5.91 Å². The first-order valence-corrected chi connectivity index (χ1v) is 7.87. The van der Waals surface area contributed by atoms with Gasteiger partial charge in [0.1, 0.15) is 0 Å². The lowest BCUT2D eigenvalue weighted by Crippen LogP contribution is -2.30. The lowest BCUT2D eigenvalue weighted by atomic mass is 10.1. The maximum absolute atomic E-state index is 12.5. The van der Waals surface area contributed by atoms with Crippen molar-refractivity contribution in [1.82, 2.24) is 4.90 Å². The number of carbonyl (C=O) groups is 1. The van der Waals surface area contributed by atoms with Crippen LogP contribution < -0.4 is 0 Å². The van der Waals surface area contributed by atoms with Crippen molar-refractivity contribution >= 4 is 33.2 Å². The van der Waals surface area contributed by atoms with Crippen LogP contribution in [-0.4, -0.2) is 17.4 Å². The van der Waals surface area contributed by atoms with Crippen molar-refractivity contribution in [2.45, 2.75) is 20.4 Å². The monoisotopic (exact) mass is 337 g/mol. The molecule has 0 bridgehead atoms. The molecule has 0 fully saturated rings. The molecule has 0 aliphatic rings. The standard InChI is InChI=1S/C15H16BrNOS/c1-3-17(10-13-5-4-8-19-13)15(18)12-7-6-11(2)14(16)9-12/h4-9H,3,10H2,1-2H3. The van der Waals surface area contributed by atoms with Crippen LogP contribution in [0.4, 0.5) is 0 Å². The molecule has 0 aliphatic heterocycles. The van der Waals surface area contributed by atoms with Crippen LogP contribution in [0.2, 0.25) is 0 Å². The summed E-state index contributed by atoms with van der Waals surface area (Å²) >= 11 is 5.16. The second-order valence-corrected chi connectivity index (χ2v) is 6.25. The molecule has 0 atom stereocenters. The number of benzene rings is 1. The lowest BCUT2D eigenvalue weighted by molar-refractivity contribution is 0.0754. The Balaban J connectivity index is 2.18. The second kappa shape index (κ2) is 6.35. The molecule has 2 nitrogen and oxygen atoms in total. The van der Waals surface area contributed by atoms with Gasteiger partial charge in [-0.1, -0.05) is 28.1 Å². The van der Waals surface area contributed by atoms with Gasteiger partial charge in [-0.25, -0.2) is 0 Å². The van der Waals surface area contributed by atoms with Gasteiger partial charge in [-0.3, -0.25) is 4.79 Å². The normalized spacial score (nSPS) is 10.5.